The summed E-state index contributed by atoms with van der Waals surface area (Å²) in [6.45, 7) is 2.14. The number of aliphatic hydroxyl groups excluding tert-OH is 2. The molecule has 18 heavy (non-hydrogen) atoms. The summed E-state index contributed by atoms with van der Waals surface area (Å²) in [6.07, 6.45) is 8.32. The first-order valence-corrected chi connectivity index (χ1v) is 7.20. The van der Waals surface area contributed by atoms with Gasteiger partial charge in [0.2, 0.25) is 0 Å². The fourth-order valence-electron chi connectivity index (χ4n) is 3.24. The van der Waals surface area contributed by atoms with Crippen molar-refractivity contribution in [1.29, 1.82) is 0 Å². The molecule has 2 aliphatic rings. The van der Waals surface area contributed by atoms with Gasteiger partial charge in [0.25, 0.3) is 0 Å². The highest BCUT2D eigenvalue weighted by molar-refractivity contribution is 5.88. The summed E-state index contributed by atoms with van der Waals surface area (Å²) < 4.78 is 0. The molecule has 0 aromatic heterocycles. The molecule has 2 saturated carbocycles. The van der Waals surface area contributed by atoms with Crippen LogP contribution in [0.25, 0.3) is 0 Å². The second-order valence-corrected chi connectivity index (χ2v) is 5.77. The lowest BCUT2D eigenvalue weighted by atomic mass is 9.71. The molecule has 2 rings (SSSR count). The largest absolute Gasteiger partial charge is 0.392 e. The Hall–Kier alpha value is -0.670. The van der Waals surface area contributed by atoms with Crippen LogP contribution in [0.5, 0.6) is 0 Å². The van der Waals surface area contributed by atoms with Crippen LogP contribution < -0.4 is 0 Å². The van der Waals surface area contributed by atoms with E-state index in [1.165, 1.54) is 0 Å². The summed E-state index contributed by atoms with van der Waals surface area (Å²) in [5, 5.41) is 19.7. The molecule has 0 saturated heterocycles. The molecule has 0 aromatic rings. The van der Waals surface area contributed by atoms with Crippen molar-refractivity contribution in [3.05, 3.63) is 12.2 Å². The van der Waals surface area contributed by atoms with Gasteiger partial charge in [-0.15, -0.1) is 0 Å². The first-order chi connectivity index (χ1) is 8.63. The summed E-state index contributed by atoms with van der Waals surface area (Å²) in [5.74, 6) is 0.797. The lowest BCUT2D eigenvalue weighted by molar-refractivity contribution is -0.133. The number of Topliss-reactive ketones (excluding diaryl/α,β-unsaturated/α-hetero) is 1. The van der Waals surface area contributed by atoms with Gasteiger partial charge >= 0.3 is 0 Å². The molecule has 3 heteroatoms. The van der Waals surface area contributed by atoms with Gasteiger partial charge in [0.1, 0.15) is 5.78 Å². The van der Waals surface area contributed by atoms with Crippen molar-refractivity contribution < 1.29 is 15.0 Å². The van der Waals surface area contributed by atoms with Crippen LogP contribution >= 0.6 is 0 Å². The zero-order valence-corrected chi connectivity index (χ0v) is 11.1. The van der Waals surface area contributed by atoms with Crippen molar-refractivity contribution in [2.75, 3.05) is 0 Å². The maximum Gasteiger partial charge on any atom is 0.136 e. The van der Waals surface area contributed by atoms with Gasteiger partial charge in [0, 0.05) is 18.3 Å². The first kappa shape index (κ1) is 13.8. The van der Waals surface area contributed by atoms with E-state index < -0.39 is 12.2 Å². The average Bonchev–Trinajstić information content (AvgIpc) is 2.59. The summed E-state index contributed by atoms with van der Waals surface area (Å²) in [7, 11) is 0. The highest BCUT2D eigenvalue weighted by Crippen LogP contribution is 2.48. The van der Waals surface area contributed by atoms with E-state index in [0.29, 0.717) is 24.5 Å². The van der Waals surface area contributed by atoms with Gasteiger partial charge in [-0.1, -0.05) is 38.3 Å². The van der Waals surface area contributed by atoms with Crippen LogP contribution in [0.3, 0.4) is 0 Å². The fourth-order valence-corrected chi connectivity index (χ4v) is 3.24. The van der Waals surface area contributed by atoms with Crippen molar-refractivity contribution in [2.45, 2.75) is 57.7 Å². The fraction of sp³-hybridized carbons (Fsp3) is 0.800. The minimum absolute atomic E-state index is 0.0773. The Morgan fingerprint density at radius 2 is 2.22 bits per heavy atom. The van der Waals surface area contributed by atoms with Crippen LogP contribution in [-0.4, -0.2) is 28.2 Å². The van der Waals surface area contributed by atoms with E-state index in [-0.39, 0.29) is 11.8 Å². The standard InChI is InChI=1S/C15H24O3/c1-2-3-4-5-10(16)6-7-11-12-8-15(18)13(12)9-14(11)17/h6-7,10-14,16-17H,2-5,8-9H2,1H3/b7-6+/t10?,11-,12-,13+,14-/m0/s1. The molecule has 2 aliphatic carbocycles. The number of ketones is 1. The van der Waals surface area contributed by atoms with Crippen LogP contribution in [0.1, 0.15) is 45.4 Å². The zero-order chi connectivity index (χ0) is 13.1. The molecule has 1 unspecified atom stereocenters. The average molecular weight is 252 g/mol. The molecule has 0 aromatic carbocycles. The second kappa shape index (κ2) is 5.98. The van der Waals surface area contributed by atoms with E-state index in [4.69, 9.17) is 0 Å². The highest BCUT2D eigenvalue weighted by atomic mass is 16.3. The lowest BCUT2D eigenvalue weighted by Crippen LogP contribution is -2.35. The Kier molecular flexibility index (Phi) is 4.57. The maximum atomic E-state index is 11.3. The van der Waals surface area contributed by atoms with E-state index in [1.807, 2.05) is 12.2 Å². The molecule has 2 fully saturated rings. The molecule has 3 nitrogen and oxygen atoms in total. The number of fused-ring (bicyclic) bond motifs is 1. The Labute approximate surface area is 109 Å². The lowest BCUT2D eigenvalue weighted by Gasteiger charge is -2.31. The smallest absolute Gasteiger partial charge is 0.136 e. The van der Waals surface area contributed by atoms with Gasteiger partial charge in [0.05, 0.1) is 12.2 Å². The molecule has 0 spiro atoms. The number of carbonyl (C=O) groups is 1. The van der Waals surface area contributed by atoms with E-state index in [0.717, 1.165) is 25.7 Å². The Morgan fingerprint density at radius 1 is 1.44 bits per heavy atom. The number of aliphatic hydroxyl groups is 2. The van der Waals surface area contributed by atoms with Crippen LogP contribution in [0.4, 0.5) is 0 Å². The molecule has 0 aliphatic heterocycles. The van der Waals surface area contributed by atoms with E-state index >= 15 is 0 Å². The third-order valence-corrected chi connectivity index (χ3v) is 4.46. The second-order valence-electron chi connectivity index (χ2n) is 5.77. The monoisotopic (exact) mass is 252 g/mol. The first-order valence-electron chi connectivity index (χ1n) is 7.20. The molecule has 102 valence electrons. The minimum Gasteiger partial charge on any atom is -0.392 e. The number of carbonyl (C=O) groups excluding carboxylic acids is 1. The SMILES string of the molecule is CCCCCC(O)/C=C/[C@H]1[C@@H]2CC(=O)[C@@H]2C[C@@H]1O. The highest BCUT2D eigenvalue weighted by Gasteiger charge is 2.51. The third-order valence-electron chi connectivity index (χ3n) is 4.46. The number of unbranched alkanes of at least 4 members (excludes halogenated alkanes) is 2. The van der Waals surface area contributed by atoms with Gasteiger partial charge in [-0.3, -0.25) is 4.79 Å². The van der Waals surface area contributed by atoms with Crippen LogP contribution in [0.2, 0.25) is 0 Å². The third kappa shape index (κ3) is 2.83. The van der Waals surface area contributed by atoms with Gasteiger partial charge in [-0.25, -0.2) is 0 Å². The molecule has 0 radical (unpaired) electrons. The molecule has 0 amide bonds. The predicted octanol–water partition coefficient (Wildman–Crippen LogP) is 2.07. The molecular weight excluding hydrogens is 228 g/mol. The van der Waals surface area contributed by atoms with E-state index in [2.05, 4.69) is 6.92 Å². The molecule has 2 N–H and O–H groups in total. The van der Waals surface area contributed by atoms with Gasteiger partial charge in [-0.2, -0.15) is 0 Å². The van der Waals surface area contributed by atoms with Gasteiger partial charge in [0.15, 0.2) is 0 Å². The van der Waals surface area contributed by atoms with Gasteiger partial charge < -0.3 is 10.2 Å². The topological polar surface area (TPSA) is 57.5 Å². The Bertz CT molecular complexity index is 324. The number of hydrogen-bond donors (Lipinski definition) is 2. The van der Waals surface area contributed by atoms with Crippen LogP contribution in [0, 0.1) is 17.8 Å². The zero-order valence-electron chi connectivity index (χ0n) is 11.1. The Morgan fingerprint density at radius 3 is 2.83 bits per heavy atom. The quantitative estimate of drug-likeness (QED) is 0.562. The minimum atomic E-state index is -0.404. The van der Waals surface area contributed by atoms with Crippen molar-refractivity contribution in [3.8, 4) is 0 Å². The Balaban J connectivity index is 1.80. The summed E-state index contributed by atoms with van der Waals surface area (Å²) in [4.78, 5) is 11.3. The van der Waals surface area contributed by atoms with E-state index in [9.17, 15) is 15.0 Å². The summed E-state index contributed by atoms with van der Waals surface area (Å²) in [5.41, 5.74) is 0. The number of rotatable bonds is 6. The summed E-state index contributed by atoms with van der Waals surface area (Å²) in [6, 6.07) is 0. The van der Waals surface area contributed by atoms with Gasteiger partial charge in [-0.05, 0) is 18.8 Å². The summed E-state index contributed by atoms with van der Waals surface area (Å²) >= 11 is 0. The predicted molar refractivity (Wildman–Crippen MR) is 70.0 cm³/mol. The molecule has 5 atom stereocenters. The van der Waals surface area contributed by atoms with Crippen molar-refractivity contribution in [3.63, 3.8) is 0 Å². The van der Waals surface area contributed by atoms with Crippen molar-refractivity contribution in [1.82, 2.24) is 0 Å². The van der Waals surface area contributed by atoms with Crippen LogP contribution in [-0.2, 0) is 4.79 Å². The normalized spacial score (nSPS) is 36.7. The van der Waals surface area contributed by atoms with Crippen molar-refractivity contribution >= 4 is 5.78 Å². The van der Waals surface area contributed by atoms with Crippen molar-refractivity contribution in [2.24, 2.45) is 17.8 Å². The molecule has 0 heterocycles. The number of hydrogen-bond acceptors (Lipinski definition) is 3. The van der Waals surface area contributed by atoms with Crippen LogP contribution in [0.15, 0.2) is 12.2 Å². The molecule has 0 bridgehead atoms. The van der Waals surface area contributed by atoms with E-state index in [1.54, 1.807) is 0 Å². The molecular formula is C15H24O3. The maximum absolute atomic E-state index is 11.3.